The van der Waals surface area contributed by atoms with Crippen molar-refractivity contribution < 1.29 is 4.42 Å². The molecule has 6 heteroatoms. The van der Waals surface area contributed by atoms with E-state index in [4.69, 9.17) is 38.1 Å². The molecule has 0 fully saturated rings. The Kier molecular flexibility index (Phi) is 2.77. The quantitative estimate of drug-likeness (QED) is 0.733. The smallest absolute Gasteiger partial charge is 0.216 e. The Labute approximate surface area is 105 Å². The maximum atomic E-state index is 11.7. The minimum Gasteiger partial charge on any atom is -0.441 e. The molecular formula is C11H2Cl2N2O2. The summed E-state index contributed by atoms with van der Waals surface area (Å²) in [6.07, 6.45) is 0. The van der Waals surface area contributed by atoms with Gasteiger partial charge in [-0.05, 0) is 23.7 Å². The fourth-order valence-electron chi connectivity index (χ4n) is 1.41. The average molecular weight is 265 g/mol. The van der Waals surface area contributed by atoms with Gasteiger partial charge in [0.15, 0.2) is 5.58 Å². The number of nitriles is 2. The van der Waals surface area contributed by atoms with Gasteiger partial charge >= 0.3 is 0 Å². The molecule has 1 heterocycles. The van der Waals surface area contributed by atoms with E-state index in [1.165, 1.54) is 12.1 Å². The Hall–Kier alpha value is -2.01. The molecule has 4 nitrogen and oxygen atoms in total. The Bertz CT molecular complexity index is 766. The molecule has 2 aromatic rings. The summed E-state index contributed by atoms with van der Waals surface area (Å²) in [5, 5.41) is 17.4. The second kappa shape index (κ2) is 4.10. The van der Waals surface area contributed by atoms with Gasteiger partial charge in [-0.1, -0.05) is 11.6 Å². The van der Waals surface area contributed by atoms with E-state index in [-0.39, 0.29) is 32.3 Å². The van der Waals surface area contributed by atoms with Crippen LogP contribution in [-0.4, -0.2) is 0 Å². The summed E-state index contributed by atoms with van der Waals surface area (Å²) in [4.78, 5) is 11.7. The SMILES string of the molecule is N#Cc1ccc2c(=O)c(Cl)c(Cl)oc2c1C#N. The van der Waals surface area contributed by atoms with Crippen molar-refractivity contribution in [2.24, 2.45) is 0 Å². The minimum absolute atomic E-state index is 0.0223. The lowest BCUT2D eigenvalue weighted by molar-refractivity contribution is 0.604. The number of hydrogen-bond donors (Lipinski definition) is 0. The van der Waals surface area contributed by atoms with Crippen LogP contribution in [0.1, 0.15) is 11.1 Å². The zero-order valence-electron chi connectivity index (χ0n) is 8.12. The van der Waals surface area contributed by atoms with Gasteiger partial charge in [0.05, 0.1) is 10.9 Å². The molecule has 1 aromatic carbocycles. The number of fused-ring (bicyclic) bond motifs is 1. The van der Waals surface area contributed by atoms with Crippen LogP contribution in [0.2, 0.25) is 10.2 Å². The number of nitrogens with zero attached hydrogens (tertiary/aromatic N) is 2. The van der Waals surface area contributed by atoms with E-state index in [0.717, 1.165) is 0 Å². The number of halogens is 2. The van der Waals surface area contributed by atoms with Crippen molar-refractivity contribution in [2.75, 3.05) is 0 Å². The van der Waals surface area contributed by atoms with Crippen molar-refractivity contribution in [1.29, 1.82) is 10.5 Å². The first-order valence-corrected chi connectivity index (χ1v) is 5.10. The molecule has 0 aliphatic rings. The van der Waals surface area contributed by atoms with Gasteiger partial charge in [0.1, 0.15) is 22.7 Å². The topological polar surface area (TPSA) is 77.8 Å². The van der Waals surface area contributed by atoms with Crippen molar-refractivity contribution in [3.63, 3.8) is 0 Å². The summed E-state index contributed by atoms with van der Waals surface area (Å²) >= 11 is 11.3. The largest absolute Gasteiger partial charge is 0.441 e. The molecule has 0 amide bonds. The van der Waals surface area contributed by atoms with Crippen molar-refractivity contribution in [2.45, 2.75) is 0 Å². The minimum atomic E-state index is -0.529. The summed E-state index contributed by atoms with van der Waals surface area (Å²) in [5.41, 5.74) is -0.466. The molecule has 0 atom stereocenters. The van der Waals surface area contributed by atoms with Crippen LogP contribution in [0.4, 0.5) is 0 Å². The third-order valence-corrected chi connectivity index (χ3v) is 2.90. The lowest BCUT2D eigenvalue weighted by Crippen LogP contribution is -2.04. The molecule has 0 bridgehead atoms. The summed E-state index contributed by atoms with van der Waals surface area (Å²) in [7, 11) is 0. The van der Waals surface area contributed by atoms with E-state index >= 15 is 0 Å². The predicted octanol–water partition coefficient (Wildman–Crippen LogP) is 2.84. The molecule has 1 aromatic heterocycles. The molecule has 82 valence electrons. The summed E-state index contributed by atoms with van der Waals surface area (Å²) < 4.78 is 5.10. The van der Waals surface area contributed by atoms with Gasteiger partial charge in [-0.2, -0.15) is 10.5 Å². The second-order valence-corrected chi connectivity index (χ2v) is 3.83. The molecule has 0 saturated carbocycles. The van der Waals surface area contributed by atoms with E-state index in [2.05, 4.69) is 0 Å². The van der Waals surface area contributed by atoms with Crippen molar-refractivity contribution in [3.05, 3.63) is 43.7 Å². The van der Waals surface area contributed by atoms with Gasteiger partial charge in [-0.25, -0.2) is 0 Å². The number of benzene rings is 1. The zero-order chi connectivity index (χ0) is 12.6. The van der Waals surface area contributed by atoms with Crippen molar-refractivity contribution in [3.8, 4) is 12.1 Å². The molecule has 0 spiro atoms. The predicted molar refractivity (Wildman–Crippen MR) is 61.9 cm³/mol. The maximum Gasteiger partial charge on any atom is 0.216 e. The Balaban J connectivity index is 3.09. The number of hydrogen-bond acceptors (Lipinski definition) is 4. The number of rotatable bonds is 0. The van der Waals surface area contributed by atoms with Crippen LogP contribution < -0.4 is 5.43 Å². The molecule has 0 radical (unpaired) electrons. The lowest BCUT2D eigenvalue weighted by Gasteiger charge is -2.02. The molecular weight excluding hydrogens is 263 g/mol. The van der Waals surface area contributed by atoms with Gasteiger partial charge in [-0.15, -0.1) is 0 Å². The highest BCUT2D eigenvalue weighted by molar-refractivity contribution is 6.41. The van der Waals surface area contributed by atoms with E-state index < -0.39 is 5.43 Å². The Morgan fingerprint density at radius 1 is 1.18 bits per heavy atom. The highest BCUT2D eigenvalue weighted by atomic mass is 35.5. The second-order valence-electron chi connectivity index (χ2n) is 3.11. The van der Waals surface area contributed by atoms with Crippen LogP contribution in [-0.2, 0) is 0 Å². The zero-order valence-corrected chi connectivity index (χ0v) is 9.63. The van der Waals surface area contributed by atoms with Crippen LogP contribution in [0.25, 0.3) is 11.0 Å². The first-order chi connectivity index (χ1) is 8.10. The standard InChI is InChI=1S/C11H2Cl2N2O2/c12-8-9(16)6-2-1-5(3-14)7(4-15)10(6)17-11(8)13/h1-2H. The van der Waals surface area contributed by atoms with Crippen LogP contribution >= 0.6 is 23.2 Å². The first-order valence-electron chi connectivity index (χ1n) is 4.35. The van der Waals surface area contributed by atoms with E-state index in [1.54, 1.807) is 6.07 Å². The lowest BCUT2D eigenvalue weighted by atomic mass is 10.1. The van der Waals surface area contributed by atoms with Gasteiger partial charge in [0.2, 0.25) is 10.6 Å². The van der Waals surface area contributed by atoms with Crippen LogP contribution in [0.3, 0.4) is 0 Å². The van der Waals surface area contributed by atoms with Crippen molar-refractivity contribution in [1.82, 2.24) is 0 Å². The maximum absolute atomic E-state index is 11.7. The average Bonchev–Trinajstić information content (AvgIpc) is 2.34. The first kappa shape index (κ1) is 11.5. The molecule has 17 heavy (non-hydrogen) atoms. The van der Waals surface area contributed by atoms with Crippen LogP contribution in [0.15, 0.2) is 21.3 Å². The Morgan fingerprint density at radius 2 is 1.88 bits per heavy atom. The van der Waals surface area contributed by atoms with Crippen LogP contribution in [0.5, 0.6) is 0 Å². The van der Waals surface area contributed by atoms with E-state index in [1.807, 2.05) is 6.07 Å². The molecule has 2 rings (SSSR count). The third-order valence-electron chi connectivity index (χ3n) is 2.20. The molecule has 0 aliphatic heterocycles. The summed E-state index contributed by atoms with van der Waals surface area (Å²) in [5.74, 6) is 0. The van der Waals surface area contributed by atoms with Gasteiger partial charge < -0.3 is 4.42 Å². The van der Waals surface area contributed by atoms with E-state index in [0.29, 0.717) is 0 Å². The highest BCUT2D eigenvalue weighted by Gasteiger charge is 2.16. The fraction of sp³-hybridized carbons (Fsp3) is 0. The molecule has 0 saturated heterocycles. The van der Waals surface area contributed by atoms with Crippen molar-refractivity contribution >= 4 is 34.2 Å². The normalized spacial score (nSPS) is 9.88. The monoisotopic (exact) mass is 264 g/mol. The highest BCUT2D eigenvalue weighted by Crippen LogP contribution is 2.26. The van der Waals surface area contributed by atoms with Gasteiger partial charge in [0, 0.05) is 0 Å². The molecule has 0 aliphatic carbocycles. The van der Waals surface area contributed by atoms with Gasteiger partial charge in [-0.3, -0.25) is 4.79 Å². The fourth-order valence-corrected chi connectivity index (χ4v) is 1.72. The van der Waals surface area contributed by atoms with Gasteiger partial charge in [0.25, 0.3) is 0 Å². The third kappa shape index (κ3) is 1.64. The molecule has 0 N–H and O–H groups in total. The molecule has 0 unspecified atom stereocenters. The summed E-state index contributed by atoms with van der Waals surface area (Å²) in [6.45, 7) is 0. The van der Waals surface area contributed by atoms with E-state index in [9.17, 15) is 4.79 Å². The van der Waals surface area contributed by atoms with Crippen LogP contribution in [0, 0.1) is 22.7 Å². The summed E-state index contributed by atoms with van der Waals surface area (Å²) in [6, 6.07) is 6.38. The Morgan fingerprint density at radius 3 is 2.47 bits per heavy atom.